The van der Waals surface area contributed by atoms with Gasteiger partial charge in [0.1, 0.15) is 0 Å². The van der Waals surface area contributed by atoms with E-state index in [2.05, 4.69) is 84.9 Å². The predicted molar refractivity (Wildman–Crippen MR) is 180 cm³/mol. The second-order valence-electron chi connectivity index (χ2n) is 11.5. The van der Waals surface area contributed by atoms with Gasteiger partial charge >= 0.3 is 16.8 Å². The molecular weight excluding hydrogens is 664 g/mol. The predicted octanol–water partition coefficient (Wildman–Crippen LogP) is 1.62. The maximum absolute atomic E-state index is 5.09. The Morgan fingerprint density at radius 2 is 0.778 bits per heavy atom. The fourth-order valence-corrected chi connectivity index (χ4v) is 5.82. The number of aromatic nitrogens is 1. The number of aliphatic imine (C=N–C) groups is 2. The number of benzene rings is 2. The van der Waals surface area contributed by atoms with E-state index in [4.69, 9.17) is 15.0 Å². The minimum absolute atomic E-state index is 0. The van der Waals surface area contributed by atoms with Gasteiger partial charge in [-0.1, -0.05) is 104 Å². The second kappa shape index (κ2) is 24.5. The van der Waals surface area contributed by atoms with Gasteiger partial charge in [0, 0.05) is 0 Å². The summed E-state index contributed by atoms with van der Waals surface area (Å²) in [5, 5.41) is 0. The third kappa shape index (κ3) is 13.9. The molecule has 1 heterocycles. The third-order valence-corrected chi connectivity index (χ3v) is 7.47. The van der Waals surface area contributed by atoms with Crippen LogP contribution in [0, 0.1) is 6.92 Å². The molecule has 3 aromatic rings. The molecule has 0 N–H and O–H groups in total. The van der Waals surface area contributed by atoms with Crippen LogP contribution in [0.1, 0.15) is 130 Å². The molecule has 3 rings (SSSR count). The van der Waals surface area contributed by atoms with Gasteiger partial charge in [-0.05, 0) is 96.5 Å². The molecular formula is C38H53Cl3CoN3. The summed E-state index contributed by atoms with van der Waals surface area (Å²) in [6.07, 6.45) is 17.2. The van der Waals surface area contributed by atoms with E-state index in [-0.39, 0.29) is 54.0 Å². The van der Waals surface area contributed by atoms with Crippen LogP contribution in [0.4, 0.5) is 11.4 Å². The van der Waals surface area contributed by atoms with E-state index in [1.165, 1.54) is 51.8 Å². The fraction of sp³-hybridized carbons (Fsp3) is 0.500. The number of halogens is 3. The molecule has 0 aliphatic carbocycles. The van der Waals surface area contributed by atoms with Crippen molar-refractivity contribution in [2.24, 2.45) is 9.98 Å². The van der Waals surface area contributed by atoms with Gasteiger partial charge in [-0.2, -0.15) is 0 Å². The molecule has 3 nitrogen and oxygen atoms in total. The molecule has 0 amide bonds. The summed E-state index contributed by atoms with van der Waals surface area (Å²) in [5.41, 5.74) is 13.6. The Kier molecular flexibility index (Phi) is 24.7. The number of pyridine rings is 1. The van der Waals surface area contributed by atoms with Gasteiger partial charge in [0.25, 0.3) is 0 Å². The summed E-state index contributed by atoms with van der Waals surface area (Å²) in [7, 11) is 0. The molecule has 45 heavy (non-hydrogen) atoms. The van der Waals surface area contributed by atoms with E-state index in [9.17, 15) is 0 Å². The van der Waals surface area contributed by atoms with Crippen LogP contribution in [-0.4, -0.2) is 17.4 Å². The molecule has 2 aromatic carbocycles. The van der Waals surface area contributed by atoms with Crippen molar-refractivity contribution in [3.8, 4) is 0 Å². The third-order valence-electron chi connectivity index (χ3n) is 7.47. The summed E-state index contributed by atoms with van der Waals surface area (Å²) in [6, 6.07) is 13.8. The van der Waals surface area contributed by atoms with Crippen molar-refractivity contribution in [1.82, 2.24) is 4.98 Å². The first kappa shape index (κ1) is 45.4. The molecule has 0 aliphatic heterocycles. The van der Waals surface area contributed by atoms with Crippen LogP contribution in [0.2, 0.25) is 0 Å². The molecule has 250 valence electrons. The average Bonchev–Trinajstić information content (AvgIpc) is 2.93. The van der Waals surface area contributed by atoms with Gasteiger partial charge in [-0.15, -0.1) is 0 Å². The SMILES string of the molecule is CCCc1cc(CCC)c(N=Cc2cc(C)cc(C=Nc3c(CCC)cc(CCC)cc3CCC)n2)c(CCC)c1.[Cl-].[Cl-].[Cl-].[Co+3]. The van der Waals surface area contributed by atoms with Crippen LogP contribution in [-0.2, 0) is 55.3 Å². The van der Waals surface area contributed by atoms with Gasteiger partial charge in [-0.25, -0.2) is 4.98 Å². The Morgan fingerprint density at radius 1 is 0.489 bits per heavy atom. The average molecular weight is 717 g/mol. The van der Waals surface area contributed by atoms with Gasteiger partial charge < -0.3 is 37.2 Å². The topological polar surface area (TPSA) is 37.6 Å². The van der Waals surface area contributed by atoms with Crippen LogP contribution in [0.25, 0.3) is 0 Å². The Bertz CT molecular complexity index is 1190. The summed E-state index contributed by atoms with van der Waals surface area (Å²) < 4.78 is 0. The standard InChI is InChI=1S/C38H53N3.3ClH.Co/c1-8-14-29-22-31(16-10-3)37(32(23-29)17-11-4)39-26-35-20-28(7)21-36(41-35)27-40-38-33(18-12-5)24-30(15-9-2)25-34(38)19-13-6;;;;/h20-27H,8-19H2,1-7H3;3*1H;/q;;;;+3/p-3. The first-order chi connectivity index (χ1) is 20.0. The van der Waals surface area contributed by atoms with E-state index < -0.39 is 0 Å². The Balaban J connectivity index is 0. The van der Waals surface area contributed by atoms with Crippen molar-refractivity contribution in [3.05, 3.63) is 86.7 Å². The van der Waals surface area contributed by atoms with E-state index in [0.29, 0.717) is 0 Å². The molecule has 0 unspecified atom stereocenters. The quantitative estimate of drug-likeness (QED) is 0.208. The number of aryl methyl sites for hydroxylation is 7. The maximum atomic E-state index is 5.09. The van der Waals surface area contributed by atoms with Crippen molar-refractivity contribution < 1.29 is 54.0 Å². The molecule has 0 spiro atoms. The molecule has 0 fully saturated rings. The van der Waals surface area contributed by atoms with Gasteiger partial charge in [-0.3, -0.25) is 9.98 Å². The number of hydrogen-bond acceptors (Lipinski definition) is 3. The fourth-order valence-electron chi connectivity index (χ4n) is 5.82. The summed E-state index contributed by atoms with van der Waals surface area (Å²) in [6.45, 7) is 15.7. The molecule has 0 saturated carbocycles. The number of hydrogen-bond donors (Lipinski definition) is 0. The van der Waals surface area contributed by atoms with E-state index >= 15 is 0 Å². The number of nitrogens with zero attached hydrogens (tertiary/aromatic N) is 3. The normalized spacial score (nSPS) is 10.7. The zero-order valence-electron chi connectivity index (χ0n) is 28.4. The Labute approximate surface area is 303 Å². The Hall–Kier alpha value is -1.69. The first-order valence-electron chi connectivity index (χ1n) is 16.3. The van der Waals surface area contributed by atoms with Crippen LogP contribution in [0.5, 0.6) is 0 Å². The van der Waals surface area contributed by atoms with Crippen molar-refractivity contribution in [2.75, 3.05) is 0 Å². The van der Waals surface area contributed by atoms with Gasteiger partial charge in [0.05, 0.1) is 35.2 Å². The second-order valence-corrected chi connectivity index (χ2v) is 11.5. The molecule has 7 heteroatoms. The van der Waals surface area contributed by atoms with E-state index in [1.807, 2.05) is 12.4 Å². The van der Waals surface area contributed by atoms with Crippen molar-refractivity contribution in [2.45, 2.75) is 126 Å². The molecule has 0 aliphatic rings. The zero-order chi connectivity index (χ0) is 29.6. The first-order valence-corrected chi connectivity index (χ1v) is 16.3. The summed E-state index contributed by atoms with van der Waals surface area (Å²) >= 11 is 0. The largest absolute Gasteiger partial charge is 3.00 e. The van der Waals surface area contributed by atoms with Crippen molar-refractivity contribution in [3.63, 3.8) is 0 Å². The minimum Gasteiger partial charge on any atom is -1.00 e. The number of rotatable bonds is 16. The molecule has 1 aromatic heterocycles. The summed E-state index contributed by atoms with van der Waals surface area (Å²) in [4.78, 5) is 15.1. The van der Waals surface area contributed by atoms with E-state index in [1.54, 1.807) is 0 Å². The zero-order valence-corrected chi connectivity index (χ0v) is 31.7. The van der Waals surface area contributed by atoms with Crippen LogP contribution < -0.4 is 37.2 Å². The molecule has 0 saturated heterocycles. The molecule has 0 radical (unpaired) electrons. The monoisotopic (exact) mass is 715 g/mol. The van der Waals surface area contributed by atoms with Crippen LogP contribution in [0.15, 0.2) is 46.4 Å². The van der Waals surface area contributed by atoms with E-state index in [0.717, 1.165) is 87.0 Å². The summed E-state index contributed by atoms with van der Waals surface area (Å²) in [5.74, 6) is 0. The van der Waals surface area contributed by atoms with Gasteiger partial charge in [0.2, 0.25) is 0 Å². The smallest absolute Gasteiger partial charge is 1.00 e. The maximum Gasteiger partial charge on any atom is 3.00 e. The molecule has 0 atom stereocenters. The van der Waals surface area contributed by atoms with Crippen LogP contribution >= 0.6 is 0 Å². The van der Waals surface area contributed by atoms with Gasteiger partial charge in [0.15, 0.2) is 0 Å². The van der Waals surface area contributed by atoms with Crippen molar-refractivity contribution >= 4 is 23.8 Å². The van der Waals surface area contributed by atoms with Crippen LogP contribution in [0.3, 0.4) is 0 Å². The van der Waals surface area contributed by atoms with Crippen molar-refractivity contribution in [1.29, 1.82) is 0 Å². The molecule has 0 bridgehead atoms. The minimum atomic E-state index is 0. The Morgan fingerprint density at radius 3 is 1.04 bits per heavy atom.